The highest BCUT2D eigenvalue weighted by Gasteiger charge is 2.20. The van der Waals surface area contributed by atoms with Crippen molar-refractivity contribution < 1.29 is 4.39 Å². The number of alkyl halides is 1. The second-order valence-electron chi connectivity index (χ2n) is 4.82. The molecule has 0 amide bonds. The molecule has 3 N–H and O–H groups in total. The summed E-state index contributed by atoms with van der Waals surface area (Å²) in [5, 5.41) is 3.27. The number of para-hydroxylation sites is 1. The standard InChI is InChI=1S/C15H16FN3/c16-13(8-10-4-6-18-14(17)9-10)12-3-1-2-11-5-7-19-15(11)12/h1-4,6,9,13,19H,5,7-8H2,(H2,17,18). The summed E-state index contributed by atoms with van der Waals surface area (Å²) in [5.41, 5.74) is 9.40. The van der Waals surface area contributed by atoms with Crippen molar-refractivity contribution in [2.45, 2.75) is 19.0 Å². The first-order chi connectivity index (χ1) is 9.24. The normalized spacial score (nSPS) is 14.8. The number of nitrogens with zero attached hydrogens (tertiary/aromatic N) is 1. The highest BCUT2D eigenvalue weighted by molar-refractivity contribution is 5.62. The average Bonchev–Trinajstić information content (AvgIpc) is 2.86. The molecule has 1 aliphatic rings. The fourth-order valence-electron chi connectivity index (χ4n) is 2.57. The molecule has 3 nitrogen and oxygen atoms in total. The van der Waals surface area contributed by atoms with Gasteiger partial charge in [0.2, 0.25) is 0 Å². The topological polar surface area (TPSA) is 50.9 Å². The molecule has 0 saturated carbocycles. The number of nitrogens with one attached hydrogen (secondary N) is 1. The van der Waals surface area contributed by atoms with Crippen molar-refractivity contribution in [1.82, 2.24) is 4.98 Å². The van der Waals surface area contributed by atoms with E-state index in [0.717, 1.165) is 29.8 Å². The first-order valence-corrected chi connectivity index (χ1v) is 6.44. The molecule has 1 atom stereocenters. The lowest BCUT2D eigenvalue weighted by Gasteiger charge is -2.13. The summed E-state index contributed by atoms with van der Waals surface area (Å²) in [6.45, 7) is 0.890. The molecule has 0 aliphatic carbocycles. The van der Waals surface area contributed by atoms with Gasteiger partial charge in [0.25, 0.3) is 0 Å². The van der Waals surface area contributed by atoms with Gasteiger partial charge in [-0.2, -0.15) is 0 Å². The highest BCUT2D eigenvalue weighted by atomic mass is 19.1. The smallest absolute Gasteiger partial charge is 0.131 e. The van der Waals surface area contributed by atoms with Crippen LogP contribution in [-0.4, -0.2) is 11.5 Å². The lowest BCUT2D eigenvalue weighted by atomic mass is 9.99. The molecule has 0 radical (unpaired) electrons. The van der Waals surface area contributed by atoms with Crippen LogP contribution in [0, 0.1) is 0 Å². The van der Waals surface area contributed by atoms with Gasteiger partial charge in [-0.15, -0.1) is 0 Å². The van der Waals surface area contributed by atoms with E-state index in [1.54, 1.807) is 18.3 Å². The van der Waals surface area contributed by atoms with Gasteiger partial charge in [0, 0.05) is 30.4 Å². The maximum atomic E-state index is 14.5. The van der Waals surface area contributed by atoms with Gasteiger partial charge < -0.3 is 11.1 Å². The molecule has 98 valence electrons. The van der Waals surface area contributed by atoms with E-state index in [1.807, 2.05) is 12.1 Å². The minimum Gasteiger partial charge on any atom is -0.384 e. The van der Waals surface area contributed by atoms with Crippen LogP contribution in [0.5, 0.6) is 0 Å². The maximum Gasteiger partial charge on any atom is 0.131 e. The Labute approximate surface area is 111 Å². The molecule has 2 aromatic rings. The monoisotopic (exact) mass is 257 g/mol. The number of benzene rings is 1. The Kier molecular flexibility index (Phi) is 3.07. The zero-order valence-electron chi connectivity index (χ0n) is 10.6. The number of anilines is 2. The van der Waals surface area contributed by atoms with Gasteiger partial charge in [0.05, 0.1) is 0 Å². The van der Waals surface area contributed by atoms with Crippen LogP contribution in [0.1, 0.15) is 22.9 Å². The molecule has 2 heterocycles. The summed E-state index contributed by atoms with van der Waals surface area (Å²) < 4.78 is 14.5. The first-order valence-electron chi connectivity index (χ1n) is 6.44. The van der Waals surface area contributed by atoms with Crippen LogP contribution in [0.3, 0.4) is 0 Å². The molecule has 19 heavy (non-hydrogen) atoms. The van der Waals surface area contributed by atoms with E-state index in [-0.39, 0.29) is 0 Å². The molecule has 4 heteroatoms. The van der Waals surface area contributed by atoms with Gasteiger partial charge in [-0.1, -0.05) is 18.2 Å². The Bertz CT molecular complexity index is 598. The van der Waals surface area contributed by atoms with E-state index in [1.165, 1.54) is 5.56 Å². The highest BCUT2D eigenvalue weighted by Crippen LogP contribution is 2.34. The number of fused-ring (bicyclic) bond motifs is 1. The predicted molar refractivity (Wildman–Crippen MR) is 74.8 cm³/mol. The van der Waals surface area contributed by atoms with Gasteiger partial charge in [-0.25, -0.2) is 9.37 Å². The fourth-order valence-corrected chi connectivity index (χ4v) is 2.57. The molecular weight excluding hydrogens is 241 g/mol. The third-order valence-electron chi connectivity index (χ3n) is 3.48. The molecule has 3 rings (SSSR count). The number of aromatic nitrogens is 1. The van der Waals surface area contributed by atoms with E-state index >= 15 is 0 Å². The molecule has 1 aromatic carbocycles. The van der Waals surface area contributed by atoms with Crippen LogP contribution in [0.15, 0.2) is 36.5 Å². The van der Waals surface area contributed by atoms with Gasteiger partial charge in [-0.05, 0) is 29.7 Å². The minimum atomic E-state index is -1.03. The summed E-state index contributed by atoms with van der Waals surface area (Å²) in [4.78, 5) is 3.92. The lowest BCUT2D eigenvalue weighted by Crippen LogP contribution is -2.02. The van der Waals surface area contributed by atoms with Crippen LogP contribution in [0.25, 0.3) is 0 Å². The van der Waals surface area contributed by atoms with E-state index in [9.17, 15) is 4.39 Å². The van der Waals surface area contributed by atoms with Crippen molar-refractivity contribution in [2.75, 3.05) is 17.6 Å². The summed E-state index contributed by atoms with van der Waals surface area (Å²) in [5.74, 6) is 0.432. The van der Waals surface area contributed by atoms with Crippen molar-refractivity contribution in [1.29, 1.82) is 0 Å². The Hall–Kier alpha value is -2.10. The van der Waals surface area contributed by atoms with Gasteiger partial charge in [-0.3, -0.25) is 0 Å². The third-order valence-corrected chi connectivity index (χ3v) is 3.48. The Balaban J connectivity index is 1.85. The second kappa shape index (κ2) is 4.88. The van der Waals surface area contributed by atoms with E-state index in [0.29, 0.717) is 12.2 Å². The number of hydrogen-bond acceptors (Lipinski definition) is 3. The average molecular weight is 257 g/mol. The molecule has 0 fully saturated rings. The Morgan fingerprint density at radius 3 is 3.11 bits per heavy atom. The number of pyridine rings is 1. The van der Waals surface area contributed by atoms with Crippen LogP contribution in [-0.2, 0) is 12.8 Å². The van der Waals surface area contributed by atoms with Crippen molar-refractivity contribution in [2.24, 2.45) is 0 Å². The van der Waals surface area contributed by atoms with Crippen molar-refractivity contribution in [3.63, 3.8) is 0 Å². The largest absolute Gasteiger partial charge is 0.384 e. The summed E-state index contributed by atoms with van der Waals surface area (Å²) >= 11 is 0. The number of hydrogen-bond donors (Lipinski definition) is 2. The predicted octanol–water partition coefficient (Wildman–Crippen LogP) is 2.89. The Morgan fingerprint density at radius 2 is 2.26 bits per heavy atom. The van der Waals surface area contributed by atoms with Crippen LogP contribution < -0.4 is 11.1 Å². The number of nitrogen functional groups attached to an aromatic ring is 1. The Morgan fingerprint density at radius 1 is 1.37 bits per heavy atom. The summed E-state index contributed by atoms with van der Waals surface area (Å²) in [6, 6.07) is 9.36. The van der Waals surface area contributed by atoms with Crippen LogP contribution in [0.2, 0.25) is 0 Å². The zero-order chi connectivity index (χ0) is 13.2. The molecule has 0 saturated heterocycles. The van der Waals surface area contributed by atoms with Crippen molar-refractivity contribution in [3.05, 3.63) is 53.2 Å². The molecular formula is C15H16FN3. The van der Waals surface area contributed by atoms with Gasteiger partial charge >= 0.3 is 0 Å². The molecule has 0 bridgehead atoms. The second-order valence-corrected chi connectivity index (χ2v) is 4.82. The van der Waals surface area contributed by atoms with E-state index in [4.69, 9.17) is 5.73 Å². The third kappa shape index (κ3) is 2.38. The lowest BCUT2D eigenvalue weighted by molar-refractivity contribution is 0.343. The number of nitrogens with two attached hydrogens (primary N) is 1. The summed E-state index contributed by atoms with van der Waals surface area (Å²) in [7, 11) is 0. The van der Waals surface area contributed by atoms with Crippen LogP contribution in [0.4, 0.5) is 15.9 Å². The quantitative estimate of drug-likeness (QED) is 0.889. The van der Waals surface area contributed by atoms with Crippen molar-refractivity contribution in [3.8, 4) is 0 Å². The van der Waals surface area contributed by atoms with Crippen molar-refractivity contribution >= 4 is 11.5 Å². The molecule has 1 aromatic heterocycles. The zero-order valence-corrected chi connectivity index (χ0v) is 10.6. The molecule has 1 aliphatic heterocycles. The number of halogens is 1. The van der Waals surface area contributed by atoms with Crippen LogP contribution >= 0.6 is 0 Å². The minimum absolute atomic E-state index is 0.324. The fraction of sp³-hybridized carbons (Fsp3) is 0.267. The first kappa shape index (κ1) is 12.0. The number of rotatable bonds is 3. The molecule has 0 spiro atoms. The van der Waals surface area contributed by atoms with E-state index in [2.05, 4.69) is 16.4 Å². The maximum absolute atomic E-state index is 14.5. The SMILES string of the molecule is Nc1cc(CC(F)c2cccc3c2NCC3)ccn1. The van der Waals surface area contributed by atoms with E-state index < -0.39 is 6.17 Å². The van der Waals surface area contributed by atoms with Gasteiger partial charge in [0.15, 0.2) is 0 Å². The summed E-state index contributed by atoms with van der Waals surface area (Å²) in [6.07, 6.45) is 1.89. The van der Waals surface area contributed by atoms with Gasteiger partial charge in [0.1, 0.15) is 12.0 Å². The molecule has 1 unspecified atom stereocenters.